The monoisotopic (exact) mass is 680 g/mol. The van der Waals surface area contributed by atoms with Crippen LogP contribution in [-0.2, 0) is 23.8 Å². The van der Waals surface area contributed by atoms with Gasteiger partial charge in [-0.3, -0.25) is 4.18 Å². The van der Waals surface area contributed by atoms with Gasteiger partial charge < -0.3 is 9.47 Å². The smallest absolute Gasteiger partial charge is 0.296 e. The Hall–Kier alpha value is -1.21. The molecule has 1 heterocycles. The first-order valence-corrected chi connectivity index (χ1v) is 20.9. The summed E-state index contributed by atoms with van der Waals surface area (Å²) in [6.07, 6.45) is 15.4. The fraction of sp³-hybridized carbons (Fsp3) is 0.810. The van der Waals surface area contributed by atoms with Gasteiger partial charge in [0.05, 0.1) is 17.6 Å². The van der Waals surface area contributed by atoms with Gasteiger partial charge >= 0.3 is 0 Å². The molecule has 1 aromatic rings. The van der Waals surface area contributed by atoms with Crippen molar-refractivity contribution < 1.29 is 22.1 Å². The van der Waals surface area contributed by atoms with Crippen LogP contribution in [0.5, 0.6) is 0 Å². The van der Waals surface area contributed by atoms with Crippen LogP contribution < -0.4 is 0 Å². The van der Waals surface area contributed by atoms with E-state index in [-0.39, 0.29) is 38.9 Å². The van der Waals surface area contributed by atoms with Crippen LogP contribution in [0.25, 0.3) is 0 Å². The number of hydrogen-bond acceptors (Lipinski definition) is 5. The number of hydrogen-bond donors (Lipinski definition) is 0. The Kier molecular flexibility index (Phi) is 8.94. The van der Waals surface area contributed by atoms with Gasteiger partial charge in [0.15, 0.2) is 6.29 Å². The van der Waals surface area contributed by atoms with Gasteiger partial charge in [-0.1, -0.05) is 64.5 Å². The molecule has 268 valence electrons. The van der Waals surface area contributed by atoms with E-state index in [2.05, 4.69) is 48.1 Å². The van der Waals surface area contributed by atoms with Crippen molar-refractivity contribution in [2.24, 2.45) is 56.7 Å². The molecule has 6 aliphatic rings. The minimum Gasteiger partial charge on any atom is -0.353 e. The van der Waals surface area contributed by atoms with Crippen molar-refractivity contribution in [3.8, 4) is 0 Å². The second-order valence-corrected chi connectivity index (χ2v) is 20.5. The summed E-state index contributed by atoms with van der Waals surface area (Å²) in [7, 11) is -3.82. The maximum atomic E-state index is 13.5. The SMILES string of the molecule is C=C(C)C1CCC2(COS(=O)(=O)c3ccc(C)cc3)CCC3(C)C(CCC4C5(C)CCC(OC6CCCCO6)C(C)(C)C5CCC43C)C12. The molecule has 7 rings (SSSR count). The van der Waals surface area contributed by atoms with Crippen molar-refractivity contribution in [1.82, 2.24) is 0 Å². The average molecular weight is 681 g/mol. The molecule has 11 atom stereocenters. The van der Waals surface area contributed by atoms with Crippen molar-refractivity contribution >= 4 is 10.1 Å². The minimum absolute atomic E-state index is 0.0263. The highest BCUT2D eigenvalue weighted by molar-refractivity contribution is 7.86. The molecule has 0 amide bonds. The molecule has 1 aromatic carbocycles. The molecule has 11 unspecified atom stereocenters. The van der Waals surface area contributed by atoms with E-state index >= 15 is 0 Å². The number of benzene rings is 1. The Morgan fingerprint density at radius 2 is 1.60 bits per heavy atom. The van der Waals surface area contributed by atoms with Crippen LogP contribution in [0, 0.1) is 63.6 Å². The first kappa shape index (κ1) is 35.2. The number of ether oxygens (including phenoxy) is 2. The lowest BCUT2D eigenvalue weighted by atomic mass is 9.32. The highest BCUT2D eigenvalue weighted by Crippen LogP contribution is 2.77. The lowest BCUT2D eigenvalue weighted by Crippen LogP contribution is -2.67. The Morgan fingerprint density at radius 3 is 2.29 bits per heavy atom. The van der Waals surface area contributed by atoms with Crippen LogP contribution in [0.15, 0.2) is 41.3 Å². The Morgan fingerprint density at radius 1 is 0.854 bits per heavy atom. The molecule has 0 N–H and O–H groups in total. The van der Waals surface area contributed by atoms with Gasteiger partial charge in [-0.2, -0.15) is 8.42 Å². The lowest BCUT2D eigenvalue weighted by Gasteiger charge is -2.73. The quantitative estimate of drug-likeness (QED) is 0.163. The van der Waals surface area contributed by atoms with Crippen molar-refractivity contribution in [3.05, 3.63) is 42.0 Å². The van der Waals surface area contributed by atoms with E-state index in [9.17, 15) is 8.42 Å². The predicted octanol–water partition coefficient (Wildman–Crippen LogP) is 10.3. The summed E-state index contributed by atoms with van der Waals surface area (Å²) >= 11 is 0. The summed E-state index contributed by atoms with van der Waals surface area (Å²) in [5.41, 5.74) is 3.07. The molecule has 6 heteroatoms. The molecule has 48 heavy (non-hydrogen) atoms. The molecule has 5 saturated carbocycles. The number of allylic oxidation sites excluding steroid dienone is 1. The minimum atomic E-state index is -3.82. The molecular formula is C42H64O5S. The summed E-state index contributed by atoms with van der Waals surface area (Å²) in [5, 5.41) is 0. The van der Waals surface area contributed by atoms with Crippen LogP contribution in [0.2, 0.25) is 0 Å². The van der Waals surface area contributed by atoms with E-state index in [0.29, 0.717) is 41.6 Å². The van der Waals surface area contributed by atoms with E-state index in [1.165, 1.54) is 44.1 Å². The predicted molar refractivity (Wildman–Crippen MR) is 192 cm³/mol. The number of aryl methyl sites for hydroxylation is 1. The normalized spacial score (nSPS) is 45.4. The first-order chi connectivity index (χ1) is 22.6. The van der Waals surface area contributed by atoms with Crippen LogP contribution in [-0.4, -0.2) is 34.0 Å². The highest BCUT2D eigenvalue weighted by atomic mass is 32.2. The van der Waals surface area contributed by atoms with Gasteiger partial charge in [0.25, 0.3) is 10.1 Å². The van der Waals surface area contributed by atoms with E-state index < -0.39 is 10.1 Å². The van der Waals surface area contributed by atoms with E-state index in [1.54, 1.807) is 12.1 Å². The molecule has 1 saturated heterocycles. The van der Waals surface area contributed by atoms with E-state index in [0.717, 1.165) is 57.1 Å². The van der Waals surface area contributed by atoms with Crippen molar-refractivity contribution in [1.29, 1.82) is 0 Å². The van der Waals surface area contributed by atoms with Gasteiger partial charge in [0.2, 0.25) is 0 Å². The second-order valence-electron chi connectivity index (χ2n) is 18.9. The third-order valence-corrected chi connectivity index (χ3v) is 17.7. The zero-order chi connectivity index (χ0) is 34.3. The van der Waals surface area contributed by atoms with Crippen LogP contribution in [0.1, 0.15) is 131 Å². The average Bonchev–Trinajstić information content (AvgIpc) is 3.43. The third-order valence-electron chi connectivity index (χ3n) is 16.4. The zero-order valence-corrected chi connectivity index (χ0v) is 31.9. The summed E-state index contributed by atoms with van der Waals surface area (Å²) in [6.45, 7) is 22.9. The molecular weight excluding hydrogens is 617 g/mol. The second kappa shape index (κ2) is 12.2. The van der Waals surface area contributed by atoms with Crippen LogP contribution in [0.3, 0.4) is 0 Å². The van der Waals surface area contributed by atoms with Gasteiger partial charge in [-0.25, -0.2) is 0 Å². The summed E-state index contributed by atoms with van der Waals surface area (Å²) in [4.78, 5) is 0.267. The lowest BCUT2D eigenvalue weighted by molar-refractivity contribution is -0.274. The Bertz CT molecular complexity index is 1480. The maximum absolute atomic E-state index is 13.5. The Labute approximate surface area is 292 Å². The molecule has 0 bridgehead atoms. The van der Waals surface area contributed by atoms with E-state index in [4.69, 9.17) is 13.7 Å². The largest absolute Gasteiger partial charge is 0.353 e. The first-order valence-electron chi connectivity index (χ1n) is 19.5. The maximum Gasteiger partial charge on any atom is 0.296 e. The molecule has 6 fully saturated rings. The van der Waals surface area contributed by atoms with Gasteiger partial charge in [-0.15, -0.1) is 0 Å². The molecule has 5 aliphatic carbocycles. The Balaban J connectivity index is 1.15. The molecule has 1 aliphatic heterocycles. The van der Waals surface area contributed by atoms with Crippen LogP contribution >= 0.6 is 0 Å². The fourth-order valence-electron chi connectivity index (χ4n) is 13.7. The highest BCUT2D eigenvalue weighted by Gasteiger charge is 2.71. The molecule has 5 nitrogen and oxygen atoms in total. The molecule has 0 spiro atoms. The summed E-state index contributed by atoms with van der Waals surface area (Å²) < 4.78 is 45.9. The number of rotatable bonds is 7. The zero-order valence-electron chi connectivity index (χ0n) is 31.1. The topological polar surface area (TPSA) is 61.8 Å². The van der Waals surface area contributed by atoms with Gasteiger partial charge in [0, 0.05) is 6.61 Å². The summed E-state index contributed by atoms with van der Waals surface area (Å²) in [6, 6.07) is 7.09. The van der Waals surface area contributed by atoms with Crippen molar-refractivity contribution in [3.63, 3.8) is 0 Å². The van der Waals surface area contributed by atoms with Gasteiger partial charge in [-0.05, 0) is 166 Å². The summed E-state index contributed by atoms with van der Waals surface area (Å²) in [5.74, 6) is 2.73. The van der Waals surface area contributed by atoms with Gasteiger partial charge in [0.1, 0.15) is 0 Å². The van der Waals surface area contributed by atoms with Crippen molar-refractivity contribution in [2.45, 2.75) is 149 Å². The third kappa shape index (κ3) is 5.34. The van der Waals surface area contributed by atoms with Crippen molar-refractivity contribution in [2.75, 3.05) is 13.2 Å². The standard InChI is InChI=1S/C42H64O5S/c1-28(2)31-18-23-42(27-46-48(43,44)30-14-12-29(3)13-15-30)25-24-40(7)32(37(31)42)16-17-34-39(6)21-20-35(47-36-11-9-10-26-45-36)38(4,5)33(39)19-22-41(34,40)8/h12-15,31-37H,1,9-11,16-27H2,2-8H3. The molecule has 0 radical (unpaired) electrons. The number of fused-ring (bicyclic) bond motifs is 7. The van der Waals surface area contributed by atoms with E-state index in [1.807, 2.05) is 19.1 Å². The fourth-order valence-corrected chi connectivity index (χ4v) is 14.7. The van der Waals surface area contributed by atoms with Crippen LogP contribution in [0.4, 0.5) is 0 Å². The molecule has 0 aromatic heterocycles.